The second-order valence-corrected chi connectivity index (χ2v) is 0. The Morgan fingerprint density at radius 1 is 0.333 bits per heavy atom. The minimum absolute atomic E-state index is 0. The molecule has 0 N–H and O–H groups in total. The Hall–Kier alpha value is 3.07. The van der Waals surface area contributed by atoms with Crippen LogP contribution in [0.3, 0.4) is 0 Å². The van der Waals surface area contributed by atoms with Crippen LogP contribution in [0.1, 0.15) is 0 Å². The third kappa shape index (κ3) is 96.6. The van der Waals surface area contributed by atoms with Gasteiger partial charge in [-0.05, 0) is 0 Å². The Bertz CT molecular complexity index is 11.0. The second-order valence-electron chi connectivity index (χ2n) is 0. The van der Waals surface area contributed by atoms with Crippen molar-refractivity contribution >= 4 is 114 Å². The van der Waals surface area contributed by atoms with Gasteiger partial charge in [-0.2, -0.15) is 0 Å². The smallest absolute Gasteiger partial charge is 0 e. The zero-order valence-corrected chi connectivity index (χ0v) is 3.95. The third-order valence-electron chi connectivity index (χ3n) is 0. The van der Waals surface area contributed by atoms with E-state index in [4.69, 9.17) is 0 Å². The largest absolute Gasteiger partial charge is 0 e. The normalized spacial score (nSPS) is 0. The zero-order valence-electron chi connectivity index (χ0n) is 2.95. The molecule has 0 unspecified atom stereocenters. The van der Waals surface area contributed by atoms with Crippen LogP contribution in [0.4, 0.5) is 28.2 Å². The van der Waals surface area contributed by atoms with Gasteiger partial charge in [-0.3, -0.25) is 28.2 Å². The van der Waals surface area contributed by atoms with E-state index in [1.807, 2.05) is 0 Å². The van der Waals surface area contributed by atoms with E-state index in [9.17, 15) is 0 Å². The Balaban J connectivity index is 0. The summed E-state index contributed by atoms with van der Waals surface area (Å²) in [5, 5.41) is 0. The maximum absolute atomic E-state index is 0. The molecule has 9 heteroatoms. The molecule has 0 aliphatic rings. The molecule has 9 heavy (non-hydrogen) atoms. The van der Waals surface area contributed by atoms with Gasteiger partial charge in [-0.1, -0.05) is 0 Å². The summed E-state index contributed by atoms with van der Waals surface area (Å²) >= 11 is 0. The molecule has 4 radical (unpaired) electrons. The Labute approximate surface area is 138 Å². The molecule has 56 valence electrons. The van der Waals surface area contributed by atoms with Crippen LogP contribution in [-0.2, 0) is 0 Å². The summed E-state index contributed by atoms with van der Waals surface area (Å²) in [6, 6.07) is 0. The van der Waals surface area contributed by atoms with E-state index in [2.05, 4.69) is 0 Å². The molecule has 0 nitrogen and oxygen atoms in total. The van der Waals surface area contributed by atoms with Crippen molar-refractivity contribution in [3.8, 4) is 0 Å². The van der Waals surface area contributed by atoms with Crippen molar-refractivity contribution in [3.63, 3.8) is 0 Å². The molecule has 0 aromatic carbocycles. The molecule has 0 rings (SSSR count). The number of rotatable bonds is 0. The van der Waals surface area contributed by atoms with Crippen molar-refractivity contribution in [3.05, 3.63) is 0 Å². The molecule has 0 spiro atoms. The minimum atomic E-state index is 0. The van der Waals surface area contributed by atoms with Crippen LogP contribution in [0.2, 0.25) is 0 Å². The molecule has 0 aromatic heterocycles. The van der Waals surface area contributed by atoms with E-state index in [1.54, 1.807) is 0 Å². The average Bonchev–Trinajstić information content (AvgIpc) is 0. The molecule has 0 fully saturated rings. The summed E-state index contributed by atoms with van der Waals surface area (Å²) < 4.78 is 0. The van der Waals surface area contributed by atoms with Crippen molar-refractivity contribution < 1.29 is 28.2 Å². The van der Waals surface area contributed by atoms with Crippen molar-refractivity contribution in [1.82, 2.24) is 0 Å². The molecule has 0 saturated carbocycles. The summed E-state index contributed by atoms with van der Waals surface area (Å²) in [6.45, 7) is 0. The van der Waals surface area contributed by atoms with Gasteiger partial charge in [0, 0.05) is 11.0 Å². The molecule has 0 saturated heterocycles. The van der Waals surface area contributed by atoms with Crippen LogP contribution in [0.25, 0.3) is 0 Å². The molecule has 0 atom stereocenters. The van der Waals surface area contributed by atoms with Gasteiger partial charge in [0.1, 0.15) is 0 Å². The maximum Gasteiger partial charge on any atom is 0 e. The second kappa shape index (κ2) is 119. The first kappa shape index (κ1) is 157. The van der Waals surface area contributed by atoms with Crippen LogP contribution in [-0.4, -0.2) is 114 Å². The fourth-order valence-corrected chi connectivity index (χ4v) is 0. The summed E-state index contributed by atoms with van der Waals surface area (Å²) in [4.78, 5) is 0. The Kier molecular flexibility index (Phi) is 2080. The first-order valence-electron chi connectivity index (χ1n) is 0. The van der Waals surface area contributed by atoms with Crippen molar-refractivity contribution in [2.24, 2.45) is 0 Å². The summed E-state index contributed by atoms with van der Waals surface area (Å²) in [7, 11) is 0. The fraction of sp³-hybridized carbons (Fsp3) is 0. The molecule has 0 bridgehead atoms. The van der Waals surface area contributed by atoms with Gasteiger partial charge in [-0.25, -0.2) is 0 Å². The van der Waals surface area contributed by atoms with Crippen LogP contribution in [0.15, 0.2) is 0 Å². The third-order valence-corrected chi connectivity index (χ3v) is 0. The van der Waals surface area contributed by atoms with Gasteiger partial charge in [0.25, 0.3) is 0 Å². The number of halogens is 6. The molecule has 0 amide bonds. The SMILES string of the molecule is F.F.F.F.F.F.[KH].[KH].[Si]. The quantitative estimate of drug-likeness (QED) is 0.378. The van der Waals surface area contributed by atoms with E-state index in [1.165, 1.54) is 0 Å². The Morgan fingerprint density at radius 3 is 0.333 bits per heavy atom. The zero-order chi connectivity index (χ0) is 0. The molecule has 0 aliphatic carbocycles. The predicted molar refractivity (Wildman–Crippen MR) is 35.1 cm³/mol. The summed E-state index contributed by atoms with van der Waals surface area (Å²) in [6.07, 6.45) is 0. The molecule has 0 aliphatic heterocycles. The Morgan fingerprint density at radius 2 is 0.333 bits per heavy atom. The fourth-order valence-electron chi connectivity index (χ4n) is 0. The van der Waals surface area contributed by atoms with E-state index in [0.717, 1.165) is 0 Å². The molecule has 0 aromatic rings. The van der Waals surface area contributed by atoms with E-state index in [0.29, 0.717) is 0 Å². The maximum atomic E-state index is 0. The molecular formula is H8F6K2Si. The van der Waals surface area contributed by atoms with Gasteiger partial charge >= 0.3 is 103 Å². The van der Waals surface area contributed by atoms with Crippen LogP contribution in [0.5, 0.6) is 0 Å². The molecule has 0 heterocycles. The van der Waals surface area contributed by atoms with Crippen LogP contribution in [0, 0.1) is 0 Å². The van der Waals surface area contributed by atoms with E-state index < -0.39 is 0 Å². The van der Waals surface area contributed by atoms with Gasteiger partial charge in [0.05, 0.1) is 0 Å². The van der Waals surface area contributed by atoms with E-state index in [-0.39, 0.29) is 142 Å². The standard InChI is InChI=1S/6FH.2K.Si.2H/h6*1H;;;;;. The minimum Gasteiger partial charge on any atom is 0 e. The number of hydrogen-bond donors (Lipinski definition) is 0. The number of hydrogen-bond acceptors (Lipinski definition) is 0. The van der Waals surface area contributed by atoms with Crippen molar-refractivity contribution in [2.75, 3.05) is 0 Å². The summed E-state index contributed by atoms with van der Waals surface area (Å²) in [5.74, 6) is 0. The predicted octanol–water partition coefficient (Wildman–Crippen LogP) is -0.763. The van der Waals surface area contributed by atoms with Crippen molar-refractivity contribution in [1.29, 1.82) is 0 Å². The first-order chi connectivity index (χ1) is 0. The summed E-state index contributed by atoms with van der Waals surface area (Å²) in [5.41, 5.74) is 0. The van der Waals surface area contributed by atoms with Gasteiger partial charge < -0.3 is 0 Å². The molecular weight excluding hydrogens is 220 g/mol. The average molecular weight is 228 g/mol. The van der Waals surface area contributed by atoms with Gasteiger partial charge in [0.15, 0.2) is 0 Å². The monoisotopic (exact) mass is 228 g/mol. The topological polar surface area (TPSA) is 0 Å². The first-order valence-corrected chi connectivity index (χ1v) is 0. The van der Waals surface area contributed by atoms with Crippen LogP contribution < -0.4 is 0 Å². The van der Waals surface area contributed by atoms with Gasteiger partial charge in [-0.15, -0.1) is 0 Å². The van der Waals surface area contributed by atoms with Crippen LogP contribution >= 0.6 is 0 Å². The van der Waals surface area contributed by atoms with Crippen molar-refractivity contribution in [2.45, 2.75) is 0 Å². The van der Waals surface area contributed by atoms with Gasteiger partial charge in [0.2, 0.25) is 0 Å². The van der Waals surface area contributed by atoms with E-state index >= 15 is 0 Å².